The zero-order chi connectivity index (χ0) is 26.3. The van der Waals surface area contributed by atoms with E-state index < -0.39 is 17.7 Å². The van der Waals surface area contributed by atoms with Gasteiger partial charge in [0.2, 0.25) is 0 Å². The Morgan fingerprint density at radius 2 is 1.67 bits per heavy atom. The fraction of sp³-hybridized carbons (Fsp3) is 0.296. The van der Waals surface area contributed by atoms with Crippen molar-refractivity contribution in [3.63, 3.8) is 0 Å². The van der Waals surface area contributed by atoms with Gasteiger partial charge in [-0.2, -0.15) is 13.2 Å². The molecule has 1 atom stereocenters. The van der Waals surface area contributed by atoms with E-state index in [0.29, 0.717) is 34.9 Å². The summed E-state index contributed by atoms with van der Waals surface area (Å²) < 4.78 is 44.5. The van der Waals surface area contributed by atoms with Crippen LogP contribution in [0.3, 0.4) is 0 Å². The van der Waals surface area contributed by atoms with Crippen LogP contribution in [-0.4, -0.2) is 28.5 Å². The van der Waals surface area contributed by atoms with E-state index in [1.807, 2.05) is 0 Å². The molecule has 0 fully saturated rings. The molecule has 0 spiro atoms. The first-order valence-electron chi connectivity index (χ1n) is 11.4. The molecule has 6 nitrogen and oxygen atoms in total. The molecule has 190 valence electrons. The molecule has 0 bridgehead atoms. The maximum atomic E-state index is 12.8. The zero-order valence-electron chi connectivity index (χ0n) is 19.9. The SMILES string of the molecule is CC(C)CC(Oc1ccc(-c2ccc(C(F)(F)F)cn2)cc1)c1ccc(C(=O)NCCC(=O)O)cc1. The van der Waals surface area contributed by atoms with Gasteiger partial charge in [0.15, 0.2) is 0 Å². The molecule has 1 amide bonds. The van der Waals surface area contributed by atoms with E-state index in [4.69, 9.17) is 9.84 Å². The quantitative estimate of drug-likeness (QED) is 0.349. The van der Waals surface area contributed by atoms with Crippen molar-refractivity contribution in [3.8, 4) is 17.0 Å². The number of nitrogens with one attached hydrogen (secondary N) is 1. The highest BCUT2D eigenvalue weighted by Crippen LogP contribution is 2.31. The third kappa shape index (κ3) is 7.56. The van der Waals surface area contributed by atoms with Gasteiger partial charge in [0, 0.05) is 23.9 Å². The fourth-order valence-corrected chi connectivity index (χ4v) is 3.52. The van der Waals surface area contributed by atoms with Crippen LogP contribution in [0.15, 0.2) is 66.9 Å². The van der Waals surface area contributed by atoms with Gasteiger partial charge in [0.1, 0.15) is 11.9 Å². The number of aliphatic carboxylic acids is 1. The van der Waals surface area contributed by atoms with Crippen molar-refractivity contribution < 1.29 is 32.6 Å². The Kier molecular flexibility index (Phi) is 8.68. The van der Waals surface area contributed by atoms with Crippen LogP contribution in [0, 0.1) is 5.92 Å². The van der Waals surface area contributed by atoms with E-state index in [-0.39, 0.29) is 25.0 Å². The van der Waals surface area contributed by atoms with Gasteiger partial charge >= 0.3 is 12.1 Å². The molecule has 0 saturated carbocycles. The third-order valence-corrected chi connectivity index (χ3v) is 5.37. The number of carbonyl (C=O) groups is 2. The van der Waals surface area contributed by atoms with Crippen molar-refractivity contribution in [3.05, 3.63) is 83.6 Å². The van der Waals surface area contributed by atoms with Crippen molar-refractivity contribution in [1.82, 2.24) is 10.3 Å². The predicted octanol–water partition coefficient (Wildman–Crippen LogP) is 6.14. The molecule has 3 aromatic rings. The minimum atomic E-state index is -4.43. The standard InChI is InChI=1S/C27H27F3N2O4/c1-17(2)15-24(19-3-5-20(6-4-19)26(35)31-14-13-25(33)34)36-22-10-7-18(8-11-22)23-12-9-21(16-32-23)27(28,29)30/h3-12,16-17,24H,13-15H2,1-2H3,(H,31,35)(H,33,34). The maximum absolute atomic E-state index is 12.8. The number of carboxylic acids is 1. The van der Waals surface area contributed by atoms with Gasteiger partial charge in [-0.15, -0.1) is 0 Å². The number of nitrogens with zero attached hydrogens (tertiary/aromatic N) is 1. The van der Waals surface area contributed by atoms with Gasteiger partial charge in [-0.05, 0) is 66.4 Å². The average Bonchev–Trinajstić information content (AvgIpc) is 2.83. The minimum absolute atomic E-state index is 0.0486. The molecular weight excluding hydrogens is 473 g/mol. The number of ether oxygens (including phenoxy) is 1. The Hall–Kier alpha value is -3.88. The van der Waals surface area contributed by atoms with E-state index in [1.54, 1.807) is 48.5 Å². The van der Waals surface area contributed by atoms with Gasteiger partial charge < -0.3 is 15.2 Å². The summed E-state index contributed by atoms with van der Waals surface area (Å²) in [4.78, 5) is 26.7. The van der Waals surface area contributed by atoms with Crippen LogP contribution in [0.25, 0.3) is 11.3 Å². The van der Waals surface area contributed by atoms with Crippen LogP contribution in [0.2, 0.25) is 0 Å². The first-order valence-corrected chi connectivity index (χ1v) is 11.4. The first-order chi connectivity index (χ1) is 17.0. The van der Waals surface area contributed by atoms with E-state index in [0.717, 1.165) is 17.8 Å². The van der Waals surface area contributed by atoms with Crippen molar-refractivity contribution in [2.75, 3.05) is 6.54 Å². The molecule has 1 unspecified atom stereocenters. The van der Waals surface area contributed by atoms with E-state index >= 15 is 0 Å². The summed E-state index contributed by atoms with van der Waals surface area (Å²) in [5.41, 5.74) is 1.58. The van der Waals surface area contributed by atoms with E-state index in [9.17, 15) is 22.8 Å². The molecule has 0 saturated heterocycles. The summed E-state index contributed by atoms with van der Waals surface area (Å²) in [5, 5.41) is 11.3. The van der Waals surface area contributed by atoms with Gasteiger partial charge in [0.25, 0.3) is 5.91 Å². The number of aromatic nitrogens is 1. The molecule has 0 aliphatic rings. The maximum Gasteiger partial charge on any atom is 0.417 e. The summed E-state index contributed by atoms with van der Waals surface area (Å²) in [6, 6.07) is 16.2. The molecule has 0 aliphatic heterocycles. The molecule has 1 heterocycles. The smallest absolute Gasteiger partial charge is 0.417 e. The Morgan fingerprint density at radius 1 is 1.00 bits per heavy atom. The van der Waals surface area contributed by atoms with Crippen molar-refractivity contribution in [1.29, 1.82) is 0 Å². The highest BCUT2D eigenvalue weighted by atomic mass is 19.4. The molecule has 2 aromatic carbocycles. The van der Waals surface area contributed by atoms with E-state index in [2.05, 4.69) is 24.1 Å². The van der Waals surface area contributed by atoms with Crippen molar-refractivity contribution >= 4 is 11.9 Å². The molecule has 36 heavy (non-hydrogen) atoms. The summed E-state index contributed by atoms with van der Waals surface area (Å²) >= 11 is 0. The number of carbonyl (C=O) groups excluding carboxylic acids is 1. The average molecular weight is 501 g/mol. The number of hydrogen-bond acceptors (Lipinski definition) is 4. The number of hydrogen-bond donors (Lipinski definition) is 2. The number of benzene rings is 2. The summed E-state index contributed by atoms with van der Waals surface area (Å²) in [6.07, 6.45) is -3.34. The van der Waals surface area contributed by atoms with Crippen LogP contribution in [-0.2, 0) is 11.0 Å². The largest absolute Gasteiger partial charge is 0.486 e. The normalized spacial score (nSPS) is 12.3. The molecule has 3 rings (SSSR count). The molecule has 1 aromatic heterocycles. The van der Waals surface area contributed by atoms with Crippen LogP contribution >= 0.6 is 0 Å². The molecule has 9 heteroatoms. The van der Waals surface area contributed by atoms with Gasteiger partial charge in [-0.3, -0.25) is 14.6 Å². The minimum Gasteiger partial charge on any atom is -0.486 e. The van der Waals surface area contributed by atoms with Gasteiger partial charge in [-0.25, -0.2) is 0 Å². The Morgan fingerprint density at radius 3 is 2.19 bits per heavy atom. The van der Waals surface area contributed by atoms with Gasteiger partial charge in [0.05, 0.1) is 17.7 Å². The molecular formula is C27H27F3N2O4. The lowest BCUT2D eigenvalue weighted by Gasteiger charge is -2.22. The van der Waals surface area contributed by atoms with Crippen molar-refractivity contribution in [2.24, 2.45) is 5.92 Å². The molecule has 0 aliphatic carbocycles. The number of halogens is 3. The lowest BCUT2D eigenvalue weighted by Crippen LogP contribution is -2.26. The lowest BCUT2D eigenvalue weighted by molar-refractivity contribution is -0.138. The van der Waals surface area contributed by atoms with Crippen LogP contribution in [0.1, 0.15) is 54.3 Å². The third-order valence-electron chi connectivity index (χ3n) is 5.37. The van der Waals surface area contributed by atoms with Crippen molar-refractivity contribution in [2.45, 2.75) is 39.0 Å². The zero-order valence-corrected chi connectivity index (χ0v) is 19.9. The predicted molar refractivity (Wildman–Crippen MR) is 129 cm³/mol. The fourth-order valence-electron chi connectivity index (χ4n) is 3.52. The van der Waals surface area contributed by atoms with Crippen LogP contribution in [0.4, 0.5) is 13.2 Å². The lowest BCUT2D eigenvalue weighted by atomic mass is 9.98. The molecule has 0 radical (unpaired) electrons. The van der Waals surface area contributed by atoms with Gasteiger partial charge in [-0.1, -0.05) is 26.0 Å². The first kappa shape index (κ1) is 26.7. The Balaban J connectivity index is 1.70. The van der Waals surface area contributed by atoms with Crippen LogP contribution in [0.5, 0.6) is 5.75 Å². The molecule has 2 N–H and O–H groups in total. The van der Waals surface area contributed by atoms with Crippen LogP contribution < -0.4 is 10.1 Å². The number of alkyl halides is 3. The second kappa shape index (κ2) is 11.7. The number of rotatable bonds is 10. The highest BCUT2D eigenvalue weighted by molar-refractivity contribution is 5.94. The summed E-state index contributed by atoms with van der Waals surface area (Å²) in [6.45, 7) is 4.19. The highest BCUT2D eigenvalue weighted by Gasteiger charge is 2.30. The Labute approximate surface area is 207 Å². The monoisotopic (exact) mass is 500 g/mol. The van der Waals surface area contributed by atoms with E-state index in [1.165, 1.54) is 6.07 Å². The Bertz CT molecular complexity index is 1160. The second-order valence-electron chi connectivity index (χ2n) is 8.71. The topological polar surface area (TPSA) is 88.5 Å². The summed E-state index contributed by atoms with van der Waals surface area (Å²) in [5.74, 6) is -0.420. The number of carboxylic acid groups (broad SMARTS) is 1. The number of pyridine rings is 1. The summed E-state index contributed by atoms with van der Waals surface area (Å²) in [7, 11) is 0. The second-order valence-corrected chi connectivity index (χ2v) is 8.71. The number of amides is 1.